The average Bonchev–Trinajstić information content (AvgIpc) is 2.90. The largest absolute Gasteiger partial charge is 0.328 e. The van der Waals surface area contributed by atoms with Crippen LogP contribution in [-0.4, -0.2) is 9.55 Å². The zero-order chi connectivity index (χ0) is 15.8. The Morgan fingerprint density at radius 3 is 2.26 bits per heavy atom. The Labute approximate surface area is 136 Å². The molecule has 0 spiro atoms. The SMILES string of the molecule is Cc1ccc(-c2c(-c3ccccc3)c3cccnc3n2C)cc1. The van der Waals surface area contributed by atoms with E-state index in [1.807, 2.05) is 12.3 Å². The first-order valence-electron chi connectivity index (χ1n) is 7.81. The second-order valence-corrected chi connectivity index (χ2v) is 5.89. The Morgan fingerprint density at radius 1 is 0.783 bits per heavy atom. The van der Waals surface area contributed by atoms with Crippen LogP contribution in [0, 0.1) is 6.92 Å². The van der Waals surface area contributed by atoms with E-state index in [1.54, 1.807) is 0 Å². The van der Waals surface area contributed by atoms with Crippen LogP contribution in [-0.2, 0) is 7.05 Å². The van der Waals surface area contributed by atoms with Gasteiger partial charge in [-0.3, -0.25) is 0 Å². The normalized spacial score (nSPS) is 11.0. The summed E-state index contributed by atoms with van der Waals surface area (Å²) in [6.45, 7) is 2.12. The summed E-state index contributed by atoms with van der Waals surface area (Å²) < 4.78 is 2.20. The molecule has 2 nitrogen and oxygen atoms in total. The summed E-state index contributed by atoms with van der Waals surface area (Å²) in [6.07, 6.45) is 1.86. The van der Waals surface area contributed by atoms with E-state index in [1.165, 1.54) is 33.3 Å². The molecule has 2 heteroatoms. The van der Waals surface area contributed by atoms with Gasteiger partial charge in [-0.15, -0.1) is 0 Å². The number of pyridine rings is 1. The molecule has 0 aliphatic rings. The lowest BCUT2D eigenvalue weighted by Crippen LogP contribution is -1.93. The van der Waals surface area contributed by atoms with Crippen molar-refractivity contribution in [1.29, 1.82) is 0 Å². The first-order chi connectivity index (χ1) is 11.3. The standard InChI is InChI=1S/C21H18N2/c1-15-10-12-17(13-11-15)20-19(16-7-4-3-5-8-16)18-9-6-14-22-21(18)23(20)2/h3-14H,1-2H3. The van der Waals surface area contributed by atoms with Crippen molar-refractivity contribution in [3.05, 3.63) is 78.5 Å². The summed E-state index contributed by atoms with van der Waals surface area (Å²) in [7, 11) is 2.09. The van der Waals surface area contributed by atoms with Crippen molar-refractivity contribution in [3.63, 3.8) is 0 Å². The molecule has 0 amide bonds. The molecule has 4 aromatic rings. The van der Waals surface area contributed by atoms with Crippen molar-refractivity contribution in [2.75, 3.05) is 0 Å². The van der Waals surface area contributed by atoms with Gasteiger partial charge in [0.2, 0.25) is 0 Å². The summed E-state index contributed by atoms with van der Waals surface area (Å²) in [4.78, 5) is 4.59. The van der Waals surface area contributed by atoms with Crippen LogP contribution in [0.1, 0.15) is 5.56 Å². The molecule has 0 aliphatic carbocycles. The fraction of sp³-hybridized carbons (Fsp3) is 0.0952. The molecule has 0 atom stereocenters. The first-order valence-corrected chi connectivity index (χ1v) is 7.81. The van der Waals surface area contributed by atoms with Gasteiger partial charge in [-0.1, -0.05) is 60.2 Å². The molecule has 2 aromatic heterocycles. The number of aromatic nitrogens is 2. The summed E-state index contributed by atoms with van der Waals surface area (Å²) in [5.41, 5.74) is 7.19. The number of rotatable bonds is 2. The number of benzene rings is 2. The van der Waals surface area contributed by atoms with E-state index in [9.17, 15) is 0 Å². The second kappa shape index (κ2) is 5.40. The third kappa shape index (κ3) is 2.23. The van der Waals surface area contributed by atoms with Gasteiger partial charge in [0.1, 0.15) is 5.65 Å². The molecule has 4 rings (SSSR count). The lowest BCUT2D eigenvalue weighted by molar-refractivity contribution is 0.958. The predicted octanol–water partition coefficient (Wildman–Crippen LogP) is 5.22. The molecule has 23 heavy (non-hydrogen) atoms. The minimum Gasteiger partial charge on any atom is -0.328 e. The van der Waals surface area contributed by atoms with Crippen LogP contribution in [0.15, 0.2) is 72.9 Å². The molecule has 0 fully saturated rings. The van der Waals surface area contributed by atoms with E-state index in [4.69, 9.17) is 0 Å². The number of nitrogens with zero attached hydrogens (tertiary/aromatic N) is 2. The smallest absolute Gasteiger partial charge is 0.140 e. The van der Waals surface area contributed by atoms with Gasteiger partial charge in [0.05, 0.1) is 5.69 Å². The molecule has 112 valence electrons. The zero-order valence-corrected chi connectivity index (χ0v) is 13.3. The van der Waals surface area contributed by atoms with Gasteiger partial charge in [0.15, 0.2) is 0 Å². The van der Waals surface area contributed by atoms with Gasteiger partial charge in [0.25, 0.3) is 0 Å². The fourth-order valence-corrected chi connectivity index (χ4v) is 3.21. The van der Waals surface area contributed by atoms with Crippen LogP contribution in [0.3, 0.4) is 0 Å². The molecular weight excluding hydrogens is 280 g/mol. The average molecular weight is 298 g/mol. The molecule has 2 aromatic carbocycles. The topological polar surface area (TPSA) is 17.8 Å². The summed E-state index contributed by atoms with van der Waals surface area (Å²) in [5.74, 6) is 0. The number of aryl methyl sites for hydroxylation is 2. The van der Waals surface area contributed by atoms with Crippen molar-refractivity contribution in [2.24, 2.45) is 7.05 Å². The minimum atomic E-state index is 1.02. The quantitative estimate of drug-likeness (QED) is 0.496. The van der Waals surface area contributed by atoms with Crippen molar-refractivity contribution in [2.45, 2.75) is 6.92 Å². The van der Waals surface area contributed by atoms with Crippen LogP contribution < -0.4 is 0 Å². The lowest BCUT2D eigenvalue weighted by atomic mass is 9.98. The Kier molecular flexibility index (Phi) is 3.23. The van der Waals surface area contributed by atoms with E-state index in [0.29, 0.717) is 0 Å². The Bertz CT molecular complexity index is 964. The first kappa shape index (κ1) is 13.8. The van der Waals surface area contributed by atoms with Crippen LogP contribution in [0.2, 0.25) is 0 Å². The maximum Gasteiger partial charge on any atom is 0.140 e. The van der Waals surface area contributed by atoms with E-state index in [0.717, 1.165) is 5.65 Å². The highest BCUT2D eigenvalue weighted by Gasteiger charge is 2.18. The van der Waals surface area contributed by atoms with E-state index >= 15 is 0 Å². The Morgan fingerprint density at radius 2 is 1.52 bits per heavy atom. The molecule has 0 bridgehead atoms. The highest BCUT2D eigenvalue weighted by Crippen LogP contribution is 2.39. The number of hydrogen-bond donors (Lipinski definition) is 0. The van der Waals surface area contributed by atoms with Gasteiger partial charge < -0.3 is 4.57 Å². The molecule has 0 saturated carbocycles. The molecule has 0 aliphatic heterocycles. The molecular formula is C21H18N2. The highest BCUT2D eigenvalue weighted by atomic mass is 15.0. The monoisotopic (exact) mass is 298 g/mol. The zero-order valence-electron chi connectivity index (χ0n) is 13.3. The van der Waals surface area contributed by atoms with Crippen LogP contribution >= 0.6 is 0 Å². The van der Waals surface area contributed by atoms with Crippen molar-refractivity contribution in [3.8, 4) is 22.4 Å². The van der Waals surface area contributed by atoms with Crippen LogP contribution in [0.4, 0.5) is 0 Å². The third-order valence-corrected chi connectivity index (χ3v) is 4.33. The second-order valence-electron chi connectivity index (χ2n) is 5.89. The van der Waals surface area contributed by atoms with Crippen molar-refractivity contribution >= 4 is 11.0 Å². The highest BCUT2D eigenvalue weighted by molar-refractivity contribution is 6.03. The fourth-order valence-electron chi connectivity index (χ4n) is 3.21. The van der Waals surface area contributed by atoms with Gasteiger partial charge in [0, 0.05) is 24.2 Å². The van der Waals surface area contributed by atoms with Crippen LogP contribution in [0.25, 0.3) is 33.4 Å². The Hall–Kier alpha value is -2.87. The predicted molar refractivity (Wildman–Crippen MR) is 96.3 cm³/mol. The minimum absolute atomic E-state index is 1.02. The summed E-state index contributed by atoms with van der Waals surface area (Å²) in [5, 5.41) is 1.19. The number of fused-ring (bicyclic) bond motifs is 1. The molecule has 0 unspecified atom stereocenters. The molecule has 0 N–H and O–H groups in total. The van der Waals surface area contributed by atoms with E-state index < -0.39 is 0 Å². The maximum absolute atomic E-state index is 4.59. The summed E-state index contributed by atoms with van der Waals surface area (Å²) >= 11 is 0. The van der Waals surface area contributed by atoms with Gasteiger partial charge in [-0.25, -0.2) is 4.98 Å². The lowest BCUT2D eigenvalue weighted by Gasteiger charge is -2.09. The summed E-state index contributed by atoms with van der Waals surface area (Å²) in [6, 6.07) is 23.4. The van der Waals surface area contributed by atoms with Crippen LogP contribution in [0.5, 0.6) is 0 Å². The molecule has 0 radical (unpaired) electrons. The van der Waals surface area contributed by atoms with E-state index in [-0.39, 0.29) is 0 Å². The van der Waals surface area contributed by atoms with Crippen molar-refractivity contribution < 1.29 is 0 Å². The number of hydrogen-bond acceptors (Lipinski definition) is 1. The molecule has 2 heterocycles. The third-order valence-electron chi connectivity index (χ3n) is 4.33. The van der Waals surface area contributed by atoms with E-state index in [2.05, 4.69) is 84.2 Å². The molecule has 0 saturated heterocycles. The van der Waals surface area contributed by atoms with Gasteiger partial charge in [-0.05, 0) is 30.2 Å². The maximum atomic E-state index is 4.59. The Balaban J connectivity index is 2.10. The van der Waals surface area contributed by atoms with Gasteiger partial charge in [-0.2, -0.15) is 0 Å². The van der Waals surface area contributed by atoms with Gasteiger partial charge >= 0.3 is 0 Å². The van der Waals surface area contributed by atoms with Crippen molar-refractivity contribution in [1.82, 2.24) is 9.55 Å².